The average molecular weight is 257 g/mol. The van der Waals surface area contributed by atoms with Crippen LogP contribution in [0.3, 0.4) is 0 Å². The maximum absolute atomic E-state index is 11.7. The van der Waals surface area contributed by atoms with Gasteiger partial charge in [0.25, 0.3) is 0 Å². The van der Waals surface area contributed by atoms with Gasteiger partial charge in [-0.2, -0.15) is 0 Å². The number of aromatic nitrogens is 4. The summed E-state index contributed by atoms with van der Waals surface area (Å²) >= 11 is 0. The molecule has 0 radical (unpaired) electrons. The lowest BCUT2D eigenvalue weighted by molar-refractivity contribution is -0.129. The number of likely N-dealkylation sites (tertiary alicyclic amines) is 1. The molecule has 0 bridgehead atoms. The molecule has 1 aliphatic rings. The van der Waals surface area contributed by atoms with Gasteiger partial charge in [0.15, 0.2) is 5.82 Å². The van der Waals surface area contributed by atoms with Gasteiger partial charge in [-0.3, -0.25) is 14.3 Å². The lowest BCUT2D eigenvalue weighted by Gasteiger charge is -2.24. The van der Waals surface area contributed by atoms with Crippen LogP contribution in [0.1, 0.15) is 31.5 Å². The van der Waals surface area contributed by atoms with Gasteiger partial charge in [0.05, 0.1) is 6.04 Å². The Labute approximate surface area is 111 Å². The summed E-state index contributed by atoms with van der Waals surface area (Å²) in [5.74, 6) is 0.836. The van der Waals surface area contributed by atoms with Crippen molar-refractivity contribution in [2.75, 3.05) is 6.54 Å². The third-order valence-corrected chi connectivity index (χ3v) is 3.43. The minimum Gasteiger partial charge on any atom is -0.334 e. The van der Waals surface area contributed by atoms with Crippen LogP contribution in [-0.4, -0.2) is 36.9 Å². The maximum Gasteiger partial charge on any atom is 0.220 e. The molecule has 0 aliphatic carbocycles. The Hall–Kier alpha value is -2.24. The second kappa shape index (κ2) is 4.79. The minimum atomic E-state index is 0.0172. The molecule has 1 atom stereocenters. The molecule has 1 aliphatic heterocycles. The fraction of sp³-hybridized carbons (Fsp3) is 0.385. The van der Waals surface area contributed by atoms with Crippen molar-refractivity contribution in [3.8, 4) is 5.82 Å². The second-order valence-corrected chi connectivity index (χ2v) is 4.61. The number of amides is 1. The van der Waals surface area contributed by atoms with Crippen molar-refractivity contribution in [2.45, 2.75) is 25.8 Å². The van der Waals surface area contributed by atoms with E-state index in [0.29, 0.717) is 0 Å². The Morgan fingerprint density at radius 3 is 2.89 bits per heavy atom. The molecule has 2 aromatic heterocycles. The fourth-order valence-corrected chi connectivity index (χ4v) is 2.59. The zero-order chi connectivity index (χ0) is 13.2. The van der Waals surface area contributed by atoms with E-state index >= 15 is 0 Å². The molecule has 0 saturated carbocycles. The van der Waals surface area contributed by atoms with Crippen LogP contribution in [-0.2, 0) is 4.79 Å². The topological polar surface area (TPSA) is 63.9 Å². The summed E-state index contributed by atoms with van der Waals surface area (Å²) in [6, 6.07) is 0.0172. The van der Waals surface area contributed by atoms with E-state index < -0.39 is 0 Å². The van der Waals surface area contributed by atoms with Crippen LogP contribution in [0.15, 0.2) is 31.1 Å². The molecule has 6 heteroatoms. The van der Waals surface area contributed by atoms with Crippen molar-refractivity contribution < 1.29 is 4.79 Å². The Kier molecular flexibility index (Phi) is 2.98. The van der Waals surface area contributed by atoms with Gasteiger partial charge >= 0.3 is 0 Å². The van der Waals surface area contributed by atoms with E-state index in [0.717, 1.165) is 30.9 Å². The molecule has 1 unspecified atom stereocenters. The van der Waals surface area contributed by atoms with Crippen molar-refractivity contribution in [3.05, 3.63) is 36.8 Å². The minimum absolute atomic E-state index is 0.0172. The molecule has 0 aromatic carbocycles. The number of hydrogen-bond acceptors (Lipinski definition) is 4. The number of rotatable bonds is 2. The van der Waals surface area contributed by atoms with E-state index in [1.807, 2.05) is 15.7 Å². The molecule has 1 saturated heterocycles. The van der Waals surface area contributed by atoms with Crippen LogP contribution in [0.4, 0.5) is 0 Å². The van der Waals surface area contributed by atoms with Gasteiger partial charge in [0, 0.05) is 38.3 Å². The molecular formula is C13H15N5O. The Morgan fingerprint density at radius 2 is 2.16 bits per heavy atom. The Balaban J connectivity index is 2.03. The highest BCUT2D eigenvalue weighted by molar-refractivity contribution is 5.74. The van der Waals surface area contributed by atoms with Crippen LogP contribution in [0, 0.1) is 0 Å². The summed E-state index contributed by atoms with van der Waals surface area (Å²) < 4.78 is 1.83. The largest absolute Gasteiger partial charge is 0.334 e. The molecule has 0 N–H and O–H groups in total. The summed E-state index contributed by atoms with van der Waals surface area (Å²) in [4.78, 5) is 26.4. The average Bonchev–Trinajstić information content (AvgIpc) is 3.10. The highest BCUT2D eigenvalue weighted by Crippen LogP contribution is 2.32. The Bertz CT molecular complexity index is 580. The lowest BCUT2D eigenvalue weighted by Crippen LogP contribution is -2.29. The summed E-state index contributed by atoms with van der Waals surface area (Å²) in [6.45, 7) is 2.39. The first-order valence-corrected chi connectivity index (χ1v) is 6.34. The van der Waals surface area contributed by atoms with Crippen LogP contribution in [0.5, 0.6) is 0 Å². The van der Waals surface area contributed by atoms with Crippen molar-refractivity contribution in [1.82, 2.24) is 24.4 Å². The lowest BCUT2D eigenvalue weighted by atomic mass is 10.1. The number of imidazole rings is 1. The first-order chi connectivity index (χ1) is 9.27. The van der Waals surface area contributed by atoms with E-state index in [2.05, 4.69) is 15.0 Å². The Morgan fingerprint density at radius 1 is 1.32 bits per heavy atom. The van der Waals surface area contributed by atoms with Gasteiger partial charge in [-0.1, -0.05) is 0 Å². The van der Waals surface area contributed by atoms with Crippen molar-refractivity contribution in [3.63, 3.8) is 0 Å². The molecule has 1 amide bonds. The number of carbonyl (C=O) groups excluding carboxylic acids is 1. The predicted octanol–water partition coefficient (Wildman–Crippen LogP) is 1.35. The van der Waals surface area contributed by atoms with Gasteiger partial charge in [-0.15, -0.1) is 0 Å². The van der Waals surface area contributed by atoms with Gasteiger partial charge in [-0.25, -0.2) is 9.97 Å². The summed E-state index contributed by atoms with van der Waals surface area (Å²) in [5, 5.41) is 0. The molecule has 98 valence electrons. The van der Waals surface area contributed by atoms with Crippen LogP contribution >= 0.6 is 0 Å². The number of carbonyl (C=O) groups is 1. The zero-order valence-corrected chi connectivity index (χ0v) is 10.7. The first kappa shape index (κ1) is 11.8. The highest BCUT2D eigenvalue weighted by Gasteiger charge is 2.31. The first-order valence-electron chi connectivity index (χ1n) is 6.34. The van der Waals surface area contributed by atoms with Gasteiger partial charge in [0.1, 0.15) is 12.0 Å². The van der Waals surface area contributed by atoms with Gasteiger partial charge in [0.2, 0.25) is 5.91 Å². The van der Waals surface area contributed by atoms with Gasteiger partial charge in [-0.05, 0) is 12.8 Å². The standard InChI is InChI=1S/C13H15N5O/c1-10(19)18-7-2-3-11(18)12-13(16-5-4-15-12)17-8-6-14-9-17/h4-6,8-9,11H,2-3,7H2,1H3. The van der Waals surface area contributed by atoms with E-state index in [1.54, 1.807) is 31.8 Å². The summed E-state index contributed by atoms with van der Waals surface area (Å²) in [7, 11) is 0. The normalized spacial score (nSPS) is 18.8. The van der Waals surface area contributed by atoms with Gasteiger partial charge < -0.3 is 4.90 Å². The van der Waals surface area contributed by atoms with Crippen LogP contribution in [0.2, 0.25) is 0 Å². The highest BCUT2D eigenvalue weighted by atomic mass is 16.2. The van der Waals surface area contributed by atoms with E-state index in [1.165, 1.54) is 0 Å². The molecule has 1 fully saturated rings. The smallest absolute Gasteiger partial charge is 0.220 e. The molecular weight excluding hydrogens is 242 g/mol. The maximum atomic E-state index is 11.7. The number of nitrogens with zero attached hydrogens (tertiary/aromatic N) is 5. The van der Waals surface area contributed by atoms with Crippen LogP contribution < -0.4 is 0 Å². The molecule has 3 heterocycles. The predicted molar refractivity (Wildman–Crippen MR) is 68.5 cm³/mol. The second-order valence-electron chi connectivity index (χ2n) is 4.61. The third kappa shape index (κ3) is 2.09. The van der Waals surface area contributed by atoms with E-state index in [-0.39, 0.29) is 11.9 Å². The quantitative estimate of drug-likeness (QED) is 0.814. The third-order valence-electron chi connectivity index (χ3n) is 3.43. The molecule has 2 aromatic rings. The SMILES string of the molecule is CC(=O)N1CCCC1c1nccnc1-n1ccnc1. The number of hydrogen-bond donors (Lipinski definition) is 0. The molecule has 6 nitrogen and oxygen atoms in total. The van der Waals surface area contributed by atoms with Crippen LogP contribution in [0.25, 0.3) is 5.82 Å². The van der Waals surface area contributed by atoms with Crippen molar-refractivity contribution in [2.24, 2.45) is 0 Å². The molecule has 0 spiro atoms. The zero-order valence-electron chi connectivity index (χ0n) is 10.7. The van der Waals surface area contributed by atoms with Crippen molar-refractivity contribution in [1.29, 1.82) is 0 Å². The van der Waals surface area contributed by atoms with E-state index in [9.17, 15) is 4.79 Å². The monoisotopic (exact) mass is 257 g/mol. The summed E-state index contributed by atoms with van der Waals surface area (Å²) in [5.41, 5.74) is 0.841. The fourth-order valence-electron chi connectivity index (χ4n) is 2.59. The molecule has 3 rings (SSSR count). The van der Waals surface area contributed by atoms with Crippen molar-refractivity contribution >= 4 is 5.91 Å². The summed E-state index contributed by atoms with van der Waals surface area (Å²) in [6.07, 6.45) is 10.5. The molecule has 19 heavy (non-hydrogen) atoms. The van der Waals surface area contributed by atoms with E-state index in [4.69, 9.17) is 0 Å².